The molecule has 1 aliphatic rings. The van der Waals surface area contributed by atoms with E-state index in [1.807, 2.05) is 0 Å². The van der Waals surface area contributed by atoms with E-state index in [-0.39, 0.29) is 11.8 Å². The topological polar surface area (TPSA) is 66.4 Å². The predicted octanol–water partition coefficient (Wildman–Crippen LogP) is 1.65. The molecule has 3 atom stereocenters. The van der Waals surface area contributed by atoms with Crippen LogP contribution in [-0.2, 0) is 9.59 Å². The van der Waals surface area contributed by atoms with Crippen LogP contribution in [0, 0.1) is 17.8 Å². The second-order valence-electron chi connectivity index (χ2n) is 4.74. The summed E-state index contributed by atoms with van der Waals surface area (Å²) in [5.41, 5.74) is 0. The van der Waals surface area contributed by atoms with E-state index in [4.69, 9.17) is 5.11 Å². The third-order valence-corrected chi connectivity index (χ3v) is 3.49. The number of hydrogen-bond donors (Lipinski definition) is 2. The number of carboxylic acid groups (broad SMARTS) is 1. The standard InChI is InChI=1S/C12H21NO3/c1-3-8(2)7-13-11(14)9-5-4-6-10(9)12(15)16/h8-10H,3-7H2,1-2H3,(H,13,14)(H,15,16). The maximum atomic E-state index is 11.8. The zero-order valence-electron chi connectivity index (χ0n) is 10.0. The number of carbonyl (C=O) groups excluding carboxylic acids is 1. The number of hydrogen-bond acceptors (Lipinski definition) is 2. The maximum absolute atomic E-state index is 11.8. The van der Waals surface area contributed by atoms with Crippen LogP contribution in [0.25, 0.3) is 0 Å². The summed E-state index contributed by atoms with van der Waals surface area (Å²) in [6, 6.07) is 0. The van der Waals surface area contributed by atoms with Crippen molar-refractivity contribution >= 4 is 11.9 Å². The zero-order chi connectivity index (χ0) is 12.1. The van der Waals surface area contributed by atoms with Crippen LogP contribution in [0.2, 0.25) is 0 Å². The van der Waals surface area contributed by atoms with Gasteiger partial charge in [0.05, 0.1) is 11.8 Å². The van der Waals surface area contributed by atoms with Gasteiger partial charge in [-0.15, -0.1) is 0 Å². The Morgan fingerprint density at radius 2 is 2.00 bits per heavy atom. The van der Waals surface area contributed by atoms with Crippen molar-refractivity contribution in [2.45, 2.75) is 39.5 Å². The SMILES string of the molecule is CCC(C)CNC(=O)C1CCCC1C(=O)O. The summed E-state index contributed by atoms with van der Waals surface area (Å²) in [5.74, 6) is -1.25. The molecule has 16 heavy (non-hydrogen) atoms. The Labute approximate surface area is 96.4 Å². The molecule has 3 unspecified atom stereocenters. The molecule has 4 nitrogen and oxygen atoms in total. The van der Waals surface area contributed by atoms with Crippen LogP contribution in [0.4, 0.5) is 0 Å². The lowest BCUT2D eigenvalue weighted by molar-refractivity contribution is -0.146. The van der Waals surface area contributed by atoms with Gasteiger partial charge in [0, 0.05) is 6.54 Å². The lowest BCUT2D eigenvalue weighted by atomic mass is 9.95. The third-order valence-electron chi connectivity index (χ3n) is 3.49. The smallest absolute Gasteiger partial charge is 0.307 e. The molecule has 0 aromatic carbocycles. The highest BCUT2D eigenvalue weighted by Gasteiger charge is 2.37. The summed E-state index contributed by atoms with van der Waals surface area (Å²) < 4.78 is 0. The van der Waals surface area contributed by atoms with E-state index < -0.39 is 11.9 Å². The van der Waals surface area contributed by atoms with E-state index in [9.17, 15) is 9.59 Å². The summed E-state index contributed by atoms with van der Waals surface area (Å²) >= 11 is 0. The lowest BCUT2D eigenvalue weighted by Gasteiger charge is -2.17. The van der Waals surface area contributed by atoms with Crippen LogP contribution in [0.1, 0.15) is 39.5 Å². The van der Waals surface area contributed by atoms with Gasteiger partial charge in [0.1, 0.15) is 0 Å². The van der Waals surface area contributed by atoms with Crippen LogP contribution >= 0.6 is 0 Å². The Morgan fingerprint density at radius 3 is 2.56 bits per heavy atom. The molecule has 1 fully saturated rings. The summed E-state index contributed by atoms with van der Waals surface area (Å²) in [5, 5.41) is 11.8. The molecular formula is C12H21NO3. The second kappa shape index (κ2) is 5.87. The minimum atomic E-state index is -0.832. The van der Waals surface area contributed by atoms with Crippen LogP contribution in [0.3, 0.4) is 0 Å². The molecule has 1 rings (SSSR count). The fourth-order valence-corrected chi connectivity index (χ4v) is 2.12. The van der Waals surface area contributed by atoms with E-state index in [0.29, 0.717) is 25.3 Å². The minimum Gasteiger partial charge on any atom is -0.481 e. The van der Waals surface area contributed by atoms with Gasteiger partial charge in [-0.25, -0.2) is 0 Å². The van der Waals surface area contributed by atoms with Gasteiger partial charge in [-0.2, -0.15) is 0 Å². The van der Waals surface area contributed by atoms with Gasteiger partial charge in [0.15, 0.2) is 0 Å². The monoisotopic (exact) mass is 227 g/mol. The average Bonchev–Trinajstić information content (AvgIpc) is 2.74. The van der Waals surface area contributed by atoms with Crippen LogP contribution in [0.5, 0.6) is 0 Å². The molecule has 1 saturated carbocycles. The van der Waals surface area contributed by atoms with E-state index in [1.54, 1.807) is 0 Å². The Balaban J connectivity index is 2.44. The molecular weight excluding hydrogens is 206 g/mol. The molecule has 0 aromatic heterocycles. The molecule has 1 amide bonds. The largest absolute Gasteiger partial charge is 0.481 e. The first-order valence-electron chi connectivity index (χ1n) is 6.06. The number of rotatable bonds is 5. The molecule has 0 bridgehead atoms. The summed E-state index contributed by atoms with van der Waals surface area (Å²) in [7, 11) is 0. The fraction of sp³-hybridized carbons (Fsp3) is 0.833. The molecule has 92 valence electrons. The third kappa shape index (κ3) is 3.22. The van der Waals surface area contributed by atoms with E-state index in [1.165, 1.54) is 0 Å². The van der Waals surface area contributed by atoms with Crippen LogP contribution in [-0.4, -0.2) is 23.5 Å². The van der Waals surface area contributed by atoms with Gasteiger partial charge < -0.3 is 10.4 Å². The van der Waals surface area contributed by atoms with Crippen LogP contribution in [0.15, 0.2) is 0 Å². The average molecular weight is 227 g/mol. The van der Waals surface area contributed by atoms with Crippen molar-refractivity contribution in [2.75, 3.05) is 6.54 Å². The van der Waals surface area contributed by atoms with Gasteiger partial charge in [-0.3, -0.25) is 9.59 Å². The van der Waals surface area contributed by atoms with Gasteiger partial charge in [0.25, 0.3) is 0 Å². The molecule has 0 spiro atoms. The summed E-state index contributed by atoms with van der Waals surface area (Å²) in [6.45, 7) is 4.80. The van der Waals surface area contributed by atoms with E-state index in [2.05, 4.69) is 19.2 Å². The quantitative estimate of drug-likeness (QED) is 0.750. The van der Waals surface area contributed by atoms with Crippen molar-refractivity contribution < 1.29 is 14.7 Å². The normalized spacial score (nSPS) is 26.4. The molecule has 0 heterocycles. The number of carboxylic acids is 1. The van der Waals surface area contributed by atoms with Crippen molar-refractivity contribution in [1.29, 1.82) is 0 Å². The molecule has 4 heteroatoms. The first-order valence-corrected chi connectivity index (χ1v) is 6.06. The number of carbonyl (C=O) groups is 2. The number of nitrogens with one attached hydrogen (secondary N) is 1. The predicted molar refractivity (Wildman–Crippen MR) is 60.9 cm³/mol. The Hall–Kier alpha value is -1.06. The first-order chi connectivity index (χ1) is 7.56. The molecule has 2 N–H and O–H groups in total. The zero-order valence-corrected chi connectivity index (χ0v) is 10.0. The Kier molecular flexibility index (Phi) is 4.77. The second-order valence-corrected chi connectivity index (χ2v) is 4.74. The minimum absolute atomic E-state index is 0.0785. The Bertz CT molecular complexity index is 265. The molecule has 0 aliphatic heterocycles. The van der Waals surface area contributed by atoms with Gasteiger partial charge in [-0.05, 0) is 18.8 Å². The Morgan fingerprint density at radius 1 is 1.38 bits per heavy atom. The van der Waals surface area contributed by atoms with E-state index in [0.717, 1.165) is 12.8 Å². The highest BCUT2D eigenvalue weighted by atomic mass is 16.4. The van der Waals surface area contributed by atoms with E-state index >= 15 is 0 Å². The van der Waals surface area contributed by atoms with Crippen molar-refractivity contribution in [3.05, 3.63) is 0 Å². The molecule has 1 aliphatic carbocycles. The molecule has 0 aromatic rings. The van der Waals surface area contributed by atoms with Crippen molar-refractivity contribution in [2.24, 2.45) is 17.8 Å². The van der Waals surface area contributed by atoms with Crippen LogP contribution < -0.4 is 5.32 Å². The summed E-state index contributed by atoms with van der Waals surface area (Å²) in [6.07, 6.45) is 3.21. The van der Waals surface area contributed by atoms with Gasteiger partial charge in [0.2, 0.25) is 5.91 Å². The number of aliphatic carboxylic acids is 1. The number of amides is 1. The molecule has 0 radical (unpaired) electrons. The first kappa shape index (κ1) is 13.0. The van der Waals surface area contributed by atoms with Gasteiger partial charge >= 0.3 is 5.97 Å². The fourth-order valence-electron chi connectivity index (χ4n) is 2.12. The van der Waals surface area contributed by atoms with Crippen molar-refractivity contribution in [1.82, 2.24) is 5.32 Å². The van der Waals surface area contributed by atoms with Crippen molar-refractivity contribution in [3.8, 4) is 0 Å². The summed E-state index contributed by atoms with van der Waals surface area (Å²) in [4.78, 5) is 22.7. The van der Waals surface area contributed by atoms with Gasteiger partial charge in [-0.1, -0.05) is 26.7 Å². The maximum Gasteiger partial charge on any atom is 0.307 e. The van der Waals surface area contributed by atoms with Crippen molar-refractivity contribution in [3.63, 3.8) is 0 Å². The highest BCUT2D eigenvalue weighted by Crippen LogP contribution is 2.31. The highest BCUT2D eigenvalue weighted by molar-refractivity contribution is 5.85. The molecule has 0 saturated heterocycles. The lowest BCUT2D eigenvalue weighted by Crippen LogP contribution is -2.37.